The number of aromatic nitrogens is 2. The summed E-state index contributed by atoms with van der Waals surface area (Å²) in [6.07, 6.45) is 1.43. The van der Waals surface area contributed by atoms with E-state index in [1.165, 1.54) is 6.21 Å². The first-order valence-corrected chi connectivity index (χ1v) is 8.01. The van der Waals surface area contributed by atoms with E-state index in [1.807, 2.05) is 37.3 Å². The van der Waals surface area contributed by atoms with Crippen molar-refractivity contribution >= 4 is 38.8 Å². The average Bonchev–Trinajstić information content (AvgIpc) is 2.84. The van der Waals surface area contributed by atoms with Crippen LogP contribution in [0.15, 0.2) is 46.0 Å². The number of rotatable bonds is 3. The first-order chi connectivity index (χ1) is 11.5. The Balaban J connectivity index is 1.86. The van der Waals surface area contributed by atoms with E-state index < -0.39 is 5.91 Å². The van der Waals surface area contributed by atoms with Gasteiger partial charge >= 0.3 is 0 Å². The Labute approximate surface area is 146 Å². The van der Waals surface area contributed by atoms with Crippen LogP contribution in [0, 0.1) is 6.92 Å². The molecule has 3 rings (SSSR count). The highest BCUT2D eigenvalue weighted by molar-refractivity contribution is 9.10. The molecule has 1 amide bonds. The zero-order valence-electron chi connectivity index (χ0n) is 13.1. The topological polar surface area (TPSA) is 79.5 Å². The number of aromatic hydroxyl groups is 1. The molecule has 0 aliphatic carbocycles. The first kappa shape index (κ1) is 16.2. The lowest BCUT2D eigenvalue weighted by Gasteiger charge is -2.04. The molecule has 0 radical (unpaired) electrons. The van der Waals surface area contributed by atoms with Crippen molar-refractivity contribution < 1.29 is 9.90 Å². The number of carbonyl (C=O) groups is 1. The smallest absolute Gasteiger partial charge is 0.293 e. The number of phenols is 1. The van der Waals surface area contributed by atoms with Crippen molar-refractivity contribution in [3.05, 3.63) is 57.8 Å². The molecule has 0 aliphatic heterocycles. The minimum Gasteiger partial charge on any atom is -0.507 e. The van der Waals surface area contributed by atoms with Gasteiger partial charge in [-0.1, -0.05) is 30.3 Å². The number of aryl methyl sites for hydroxylation is 1. The summed E-state index contributed by atoms with van der Waals surface area (Å²) in [4.78, 5) is 12.2. The lowest BCUT2D eigenvalue weighted by Crippen LogP contribution is -2.19. The number of hydrazone groups is 1. The van der Waals surface area contributed by atoms with Crippen LogP contribution < -0.4 is 5.43 Å². The number of amides is 1. The van der Waals surface area contributed by atoms with Crippen LogP contribution in [0.1, 0.15) is 21.7 Å². The summed E-state index contributed by atoms with van der Waals surface area (Å²) in [6, 6.07) is 11.1. The summed E-state index contributed by atoms with van der Waals surface area (Å²) in [6.45, 7) is 1.85. The van der Waals surface area contributed by atoms with Gasteiger partial charge in [0.05, 0.1) is 16.4 Å². The lowest BCUT2D eigenvalue weighted by molar-refractivity contribution is 0.0948. The summed E-state index contributed by atoms with van der Waals surface area (Å²) >= 11 is 3.35. The van der Waals surface area contributed by atoms with Crippen molar-refractivity contribution in [2.24, 2.45) is 12.1 Å². The van der Waals surface area contributed by atoms with Crippen molar-refractivity contribution in [3.8, 4) is 5.75 Å². The van der Waals surface area contributed by atoms with E-state index in [0.717, 1.165) is 16.5 Å². The van der Waals surface area contributed by atoms with Crippen LogP contribution >= 0.6 is 15.9 Å². The van der Waals surface area contributed by atoms with Crippen molar-refractivity contribution in [1.82, 2.24) is 15.2 Å². The van der Waals surface area contributed by atoms with E-state index in [9.17, 15) is 9.90 Å². The molecule has 122 valence electrons. The van der Waals surface area contributed by atoms with Crippen LogP contribution in [0.2, 0.25) is 0 Å². The minimum absolute atomic E-state index is 0.0987. The van der Waals surface area contributed by atoms with Gasteiger partial charge in [0.25, 0.3) is 5.91 Å². The molecule has 2 aromatic carbocycles. The van der Waals surface area contributed by atoms with Gasteiger partial charge in [-0.25, -0.2) is 5.43 Å². The second-order valence-electron chi connectivity index (χ2n) is 5.29. The number of phenolic OH excluding ortho intramolecular Hbond substituents is 1. The maximum Gasteiger partial charge on any atom is 0.293 e. The molecule has 0 fully saturated rings. The first-order valence-electron chi connectivity index (χ1n) is 7.22. The summed E-state index contributed by atoms with van der Waals surface area (Å²) in [7, 11) is 1.76. The second-order valence-corrected chi connectivity index (χ2v) is 6.08. The number of hydrogen-bond donors (Lipinski definition) is 2. The van der Waals surface area contributed by atoms with Gasteiger partial charge in [0.2, 0.25) is 0 Å². The number of hydrogen-bond acceptors (Lipinski definition) is 4. The van der Waals surface area contributed by atoms with E-state index >= 15 is 0 Å². The third-order valence-corrected chi connectivity index (χ3v) is 4.73. The lowest BCUT2D eigenvalue weighted by atomic mass is 10.0. The Morgan fingerprint density at radius 1 is 1.33 bits per heavy atom. The van der Waals surface area contributed by atoms with E-state index in [4.69, 9.17) is 0 Å². The molecule has 0 spiro atoms. The quantitative estimate of drug-likeness (QED) is 0.536. The molecule has 7 heteroatoms. The van der Waals surface area contributed by atoms with Crippen LogP contribution in [0.3, 0.4) is 0 Å². The number of fused-ring (bicyclic) bond motifs is 1. The number of nitrogens with one attached hydrogen (secondary N) is 1. The van der Waals surface area contributed by atoms with Crippen LogP contribution in [0.5, 0.6) is 5.75 Å². The standard InChI is InChI=1S/C17H15BrN4O2/c1-10-15(18)16(21-22(10)2)17(24)20-19-9-13-12-6-4-3-5-11(12)7-8-14(13)23/h3-9,23H,1-2H3,(H,20,24)/b19-9+. The predicted octanol–water partition coefficient (Wildman–Crippen LogP) is 3.11. The maximum absolute atomic E-state index is 12.2. The van der Waals surface area contributed by atoms with Crippen molar-refractivity contribution in [1.29, 1.82) is 0 Å². The fourth-order valence-electron chi connectivity index (χ4n) is 2.36. The summed E-state index contributed by atoms with van der Waals surface area (Å²) in [5.74, 6) is -0.330. The Bertz CT molecular complexity index is 963. The molecular formula is C17H15BrN4O2. The molecule has 1 heterocycles. The SMILES string of the molecule is Cc1c(Br)c(C(=O)N/N=C/c2c(O)ccc3ccccc23)nn1C. The molecule has 1 aromatic heterocycles. The zero-order chi connectivity index (χ0) is 17.3. The number of benzene rings is 2. The highest BCUT2D eigenvalue weighted by Gasteiger charge is 2.17. The van der Waals surface area contributed by atoms with Crippen molar-refractivity contribution in [2.45, 2.75) is 6.92 Å². The Hall–Kier alpha value is -2.67. The fourth-order valence-corrected chi connectivity index (χ4v) is 2.87. The van der Waals surface area contributed by atoms with Gasteiger partial charge in [-0.05, 0) is 39.7 Å². The van der Waals surface area contributed by atoms with E-state index in [0.29, 0.717) is 10.0 Å². The van der Waals surface area contributed by atoms with Gasteiger partial charge in [0.1, 0.15) is 5.75 Å². The van der Waals surface area contributed by atoms with Gasteiger partial charge in [-0.2, -0.15) is 10.2 Å². The molecular weight excluding hydrogens is 372 g/mol. The number of carbonyl (C=O) groups excluding carboxylic acids is 1. The molecule has 3 aromatic rings. The van der Waals surface area contributed by atoms with Gasteiger partial charge in [0, 0.05) is 12.6 Å². The van der Waals surface area contributed by atoms with Gasteiger partial charge in [0.15, 0.2) is 5.69 Å². The van der Waals surface area contributed by atoms with Crippen molar-refractivity contribution in [3.63, 3.8) is 0 Å². The van der Waals surface area contributed by atoms with Gasteiger partial charge in [-0.3, -0.25) is 9.48 Å². The highest BCUT2D eigenvalue weighted by Crippen LogP contribution is 2.25. The predicted molar refractivity (Wildman–Crippen MR) is 96.3 cm³/mol. The molecule has 0 atom stereocenters. The van der Waals surface area contributed by atoms with Gasteiger partial charge in [-0.15, -0.1) is 0 Å². The van der Waals surface area contributed by atoms with Crippen LogP contribution in [-0.2, 0) is 7.05 Å². The third kappa shape index (κ3) is 2.90. The molecule has 0 saturated heterocycles. The molecule has 24 heavy (non-hydrogen) atoms. The number of nitrogens with zero attached hydrogens (tertiary/aromatic N) is 3. The molecule has 0 saturated carbocycles. The van der Waals surface area contributed by atoms with E-state index in [2.05, 4.69) is 31.6 Å². The molecule has 0 unspecified atom stereocenters. The largest absolute Gasteiger partial charge is 0.507 e. The third-order valence-electron chi connectivity index (χ3n) is 3.78. The Morgan fingerprint density at radius 3 is 2.79 bits per heavy atom. The van der Waals surface area contributed by atoms with Crippen LogP contribution in [0.4, 0.5) is 0 Å². The summed E-state index contributed by atoms with van der Waals surface area (Å²) in [5, 5.41) is 20.0. The molecule has 6 nitrogen and oxygen atoms in total. The van der Waals surface area contributed by atoms with Gasteiger partial charge < -0.3 is 5.11 Å². The Kier molecular flexibility index (Phi) is 4.35. The maximum atomic E-state index is 12.2. The average molecular weight is 387 g/mol. The minimum atomic E-state index is -0.429. The Morgan fingerprint density at radius 2 is 2.08 bits per heavy atom. The molecule has 2 N–H and O–H groups in total. The monoisotopic (exact) mass is 386 g/mol. The van der Waals surface area contributed by atoms with Crippen molar-refractivity contribution in [2.75, 3.05) is 0 Å². The second kappa shape index (κ2) is 6.45. The highest BCUT2D eigenvalue weighted by atomic mass is 79.9. The van der Waals surface area contributed by atoms with Crippen LogP contribution in [0.25, 0.3) is 10.8 Å². The van der Waals surface area contributed by atoms with E-state index in [-0.39, 0.29) is 11.4 Å². The van der Waals surface area contributed by atoms with E-state index in [1.54, 1.807) is 17.8 Å². The molecule has 0 aliphatic rings. The fraction of sp³-hybridized carbons (Fsp3) is 0.118. The summed E-state index contributed by atoms with van der Waals surface area (Å²) in [5.41, 5.74) is 4.08. The normalized spacial score (nSPS) is 11.3. The summed E-state index contributed by atoms with van der Waals surface area (Å²) < 4.78 is 2.24. The zero-order valence-corrected chi connectivity index (χ0v) is 14.7. The van der Waals surface area contributed by atoms with Crippen LogP contribution in [-0.4, -0.2) is 27.0 Å². The number of halogens is 1. The molecule has 0 bridgehead atoms.